The lowest BCUT2D eigenvalue weighted by molar-refractivity contribution is 0.512. The van der Waals surface area contributed by atoms with E-state index in [2.05, 4.69) is 40.7 Å². The third-order valence-corrected chi connectivity index (χ3v) is 3.41. The average Bonchev–Trinajstić information content (AvgIpc) is 2.42. The van der Waals surface area contributed by atoms with E-state index in [1.54, 1.807) is 0 Å². The summed E-state index contributed by atoms with van der Waals surface area (Å²) in [6.45, 7) is 4.04. The van der Waals surface area contributed by atoms with Crippen molar-refractivity contribution >= 4 is 0 Å². The first-order chi connectivity index (χ1) is 9.20. The molecule has 0 amide bonds. The molecule has 0 fully saturated rings. The van der Waals surface area contributed by atoms with Gasteiger partial charge in [0.25, 0.3) is 0 Å². The van der Waals surface area contributed by atoms with Gasteiger partial charge in [-0.25, -0.2) is 0 Å². The molecule has 1 atom stereocenters. The van der Waals surface area contributed by atoms with Crippen molar-refractivity contribution in [1.82, 2.24) is 10.4 Å². The van der Waals surface area contributed by atoms with Crippen LogP contribution in [0.25, 0.3) is 0 Å². The second-order valence-electron chi connectivity index (χ2n) is 4.87. The van der Waals surface area contributed by atoms with Crippen LogP contribution in [0.5, 0.6) is 0 Å². The fraction of sp³-hybridized carbons (Fsp3) is 0.312. The molecule has 3 nitrogen and oxygen atoms in total. The Morgan fingerprint density at radius 3 is 2.47 bits per heavy atom. The van der Waals surface area contributed by atoms with Crippen LogP contribution in [0.15, 0.2) is 42.5 Å². The summed E-state index contributed by atoms with van der Waals surface area (Å²) < 4.78 is 0. The molecule has 0 saturated heterocycles. The van der Waals surface area contributed by atoms with Crippen LogP contribution in [0.2, 0.25) is 0 Å². The minimum atomic E-state index is 0.147. The Hall–Kier alpha value is -1.71. The molecule has 0 bridgehead atoms. The molecule has 1 aromatic heterocycles. The van der Waals surface area contributed by atoms with Gasteiger partial charge in [-0.3, -0.25) is 16.3 Å². The lowest BCUT2D eigenvalue weighted by Gasteiger charge is -2.18. The zero-order valence-corrected chi connectivity index (χ0v) is 11.6. The summed E-state index contributed by atoms with van der Waals surface area (Å²) in [5, 5.41) is 0. The van der Waals surface area contributed by atoms with E-state index in [1.807, 2.05) is 26.0 Å². The Balaban J connectivity index is 2.08. The highest BCUT2D eigenvalue weighted by atomic mass is 15.2. The van der Waals surface area contributed by atoms with Crippen molar-refractivity contribution in [3.63, 3.8) is 0 Å². The number of nitrogens with one attached hydrogen (secondary N) is 1. The highest BCUT2D eigenvalue weighted by Gasteiger charge is 2.13. The van der Waals surface area contributed by atoms with Crippen molar-refractivity contribution in [3.05, 3.63) is 65.0 Å². The summed E-state index contributed by atoms with van der Waals surface area (Å²) in [4.78, 5) is 4.50. The predicted octanol–water partition coefficient (Wildman–Crippen LogP) is 2.84. The number of nitrogens with zero attached hydrogens (tertiary/aromatic N) is 1. The average molecular weight is 255 g/mol. The molecule has 2 rings (SSSR count). The number of hydrazine groups is 1. The number of pyridine rings is 1. The third-order valence-electron chi connectivity index (χ3n) is 3.41. The highest BCUT2D eigenvalue weighted by molar-refractivity contribution is 5.25. The number of aryl methyl sites for hydroxylation is 3. The van der Waals surface area contributed by atoms with Gasteiger partial charge >= 0.3 is 0 Å². The molecule has 0 aliphatic carbocycles. The van der Waals surface area contributed by atoms with E-state index in [4.69, 9.17) is 5.84 Å². The van der Waals surface area contributed by atoms with Gasteiger partial charge in [-0.2, -0.15) is 0 Å². The molecule has 0 aliphatic rings. The van der Waals surface area contributed by atoms with E-state index in [-0.39, 0.29) is 6.04 Å². The standard InChI is InChI=1S/C16H21N3/c1-12-8-10-15(13(2)18-12)16(19-17)11-9-14-6-4-3-5-7-14/h3-8,10,16,19H,9,11,17H2,1-2H3. The summed E-state index contributed by atoms with van der Waals surface area (Å²) >= 11 is 0. The molecule has 0 radical (unpaired) electrons. The fourth-order valence-electron chi connectivity index (χ4n) is 2.35. The maximum absolute atomic E-state index is 5.70. The molecule has 3 N–H and O–H groups in total. The van der Waals surface area contributed by atoms with Gasteiger partial charge in [-0.05, 0) is 43.9 Å². The summed E-state index contributed by atoms with van der Waals surface area (Å²) in [6.07, 6.45) is 1.97. The van der Waals surface area contributed by atoms with E-state index < -0.39 is 0 Å². The van der Waals surface area contributed by atoms with Gasteiger partial charge in [0.1, 0.15) is 0 Å². The van der Waals surface area contributed by atoms with Gasteiger partial charge in [0.2, 0.25) is 0 Å². The molecule has 19 heavy (non-hydrogen) atoms. The Kier molecular flexibility index (Phi) is 4.66. The fourth-order valence-corrected chi connectivity index (χ4v) is 2.35. The van der Waals surface area contributed by atoms with E-state index in [0.717, 1.165) is 24.2 Å². The van der Waals surface area contributed by atoms with Crippen LogP contribution >= 0.6 is 0 Å². The maximum atomic E-state index is 5.70. The molecule has 3 heteroatoms. The van der Waals surface area contributed by atoms with Crippen molar-refractivity contribution in [1.29, 1.82) is 0 Å². The molecular weight excluding hydrogens is 234 g/mol. The van der Waals surface area contributed by atoms with E-state index >= 15 is 0 Å². The number of benzene rings is 1. The monoisotopic (exact) mass is 255 g/mol. The molecule has 1 heterocycles. The van der Waals surface area contributed by atoms with Crippen molar-refractivity contribution in [2.24, 2.45) is 5.84 Å². The predicted molar refractivity (Wildman–Crippen MR) is 78.5 cm³/mol. The molecule has 0 aliphatic heterocycles. The van der Waals surface area contributed by atoms with Crippen molar-refractivity contribution in [2.45, 2.75) is 32.7 Å². The molecule has 1 unspecified atom stereocenters. The number of hydrogen-bond acceptors (Lipinski definition) is 3. The van der Waals surface area contributed by atoms with E-state index in [1.165, 1.54) is 11.1 Å². The number of rotatable bonds is 5. The Bertz CT molecular complexity index is 523. The first kappa shape index (κ1) is 13.7. The maximum Gasteiger partial charge on any atom is 0.0481 e. The minimum Gasteiger partial charge on any atom is -0.271 e. The van der Waals surface area contributed by atoms with Crippen LogP contribution in [-0.2, 0) is 6.42 Å². The van der Waals surface area contributed by atoms with Crippen LogP contribution < -0.4 is 11.3 Å². The topological polar surface area (TPSA) is 50.9 Å². The van der Waals surface area contributed by atoms with Crippen molar-refractivity contribution in [3.8, 4) is 0 Å². The quantitative estimate of drug-likeness (QED) is 0.638. The zero-order valence-electron chi connectivity index (χ0n) is 11.6. The van der Waals surface area contributed by atoms with Gasteiger partial charge < -0.3 is 0 Å². The number of hydrogen-bond donors (Lipinski definition) is 2. The van der Waals surface area contributed by atoms with Crippen LogP contribution in [-0.4, -0.2) is 4.98 Å². The van der Waals surface area contributed by atoms with Crippen molar-refractivity contribution < 1.29 is 0 Å². The molecule has 1 aromatic carbocycles. The molecule has 2 aromatic rings. The second-order valence-corrected chi connectivity index (χ2v) is 4.87. The lowest BCUT2D eigenvalue weighted by Crippen LogP contribution is -2.29. The first-order valence-electron chi connectivity index (χ1n) is 6.65. The summed E-state index contributed by atoms with van der Waals surface area (Å²) in [5.41, 5.74) is 7.52. The van der Waals surface area contributed by atoms with E-state index in [9.17, 15) is 0 Å². The summed E-state index contributed by atoms with van der Waals surface area (Å²) in [7, 11) is 0. The van der Waals surface area contributed by atoms with Gasteiger partial charge in [-0.1, -0.05) is 36.4 Å². The molecule has 100 valence electrons. The van der Waals surface area contributed by atoms with Crippen LogP contribution in [0.4, 0.5) is 0 Å². The van der Waals surface area contributed by atoms with Crippen molar-refractivity contribution in [2.75, 3.05) is 0 Å². The zero-order chi connectivity index (χ0) is 13.7. The van der Waals surface area contributed by atoms with E-state index in [0.29, 0.717) is 0 Å². The summed E-state index contributed by atoms with van der Waals surface area (Å²) in [5.74, 6) is 5.70. The Morgan fingerprint density at radius 2 is 1.84 bits per heavy atom. The SMILES string of the molecule is Cc1ccc(C(CCc2ccccc2)NN)c(C)n1. The molecule has 0 saturated carbocycles. The molecule has 0 spiro atoms. The van der Waals surface area contributed by atoms with Gasteiger partial charge in [0.05, 0.1) is 0 Å². The van der Waals surface area contributed by atoms with Gasteiger partial charge in [0.15, 0.2) is 0 Å². The second kappa shape index (κ2) is 6.45. The van der Waals surface area contributed by atoms with Crippen LogP contribution in [0.3, 0.4) is 0 Å². The minimum absolute atomic E-state index is 0.147. The van der Waals surface area contributed by atoms with Crippen LogP contribution in [0.1, 0.15) is 35.0 Å². The van der Waals surface area contributed by atoms with Gasteiger partial charge in [0, 0.05) is 17.4 Å². The smallest absolute Gasteiger partial charge is 0.0481 e. The number of aromatic nitrogens is 1. The largest absolute Gasteiger partial charge is 0.271 e. The lowest BCUT2D eigenvalue weighted by atomic mass is 9.98. The first-order valence-corrected chi connectivity index (χ1v) is 6.65. The highest BCUT2D eigenvalue weighted by Crippen LogP contribution is 2.21. The Morgan fingerprint density at radius 1 is 1.11 bits per heavy atom. The third kappa shape index (κ3) is 3.63. The number of nitrogens with two attached hydrogens (primary N) is 1. The van der Waals surface area contributed by atoms with Gasteiger partial charge in [-0.15, -0.1) is 0 Å². The summed E-state index contributed by atoms with van der Waals surface area (Å²) in [6, 6.07) is 14.8. The Labute approximate surface area is 114 Å². The molecular formula is C16H21N3. The normalized spacial score (nSPS) is 12.4. The van der Waals surface area contributed by atoms with Crippen LogP contribution in [0, 0.1) is 13.8 Å².